The SMILES string of the molecule is CC(Nc1nc(Nc2cccc(C(F)(F)F)c2)nc2ccccc12)c1ccccc1. The number of nitrogens with one attached hydrogen (secondary N) is 2. The summed E-state index contributed by atoms with van der Waals surface area (Å²) in [7, 11) is 0. The van der Waals surface area contributed by atoms with E-state index in [0.717, 1.165) is 23.1 Å². The molecular weight excluding hydrogens is 389 g/mol. The number of alkyl halides is 3. The molecule has 4 rings (SSSR count). The molecule has 0 saturated carbocycles. The van der Waals surface area contributed by atoms with Crippen LogP contribution in [0.1, 0.15) is 24.1 Å². The Morgan fingerprint density at radius 3 is 2.33 bits per heavy atom. The lowest BCUT2D eigenvalue weighted by Crippen LogP contribution is -2.10. The third-order valence-corrected chi connectivity index (χ3v) is 4.70. The highest BCUT2D eigenvalue weighted by molar-refractivity contribution is 5.90. The second-order valence-corrected chi connectivity index (χ2v) is 6.89. The summed E-state index contributed by atoms with van der Waals surface area (Å²) >= 11 is 0. The van der Waals surface area contributed by atoms with Crippen molar-refractivity contribution in [2.75, 3.05) is 10.6 Å². The van der Waals surface area contributed by atoms with Gasteiger partial charge in [0.05, 0.1) is 11.1 Å². The molecule has 3 aromatic carbocycles. The Labute approximate surface area is 171 Å². The molecule has 0 amide bonds. The summed E-state index contributed by atoms with van der Waals surface area (Å²) in [6.07, 6.45) is -4.42. The Morgan fingerprint density at radius 2 is 1.57 bits per heavy atom. The van der Waals surface area contributed by atoms with E-state index in [-0.39, 0.29) is 17.7 Å². The predicted octanol–water partition coefficient (Wildman–Crippen LogP) is 6.57. The zero-order valence-electron chi connectivity index (χ0n) is 16.1. The predicted molar refractivity (Wildman–Crippen MR) is 113 cm³/mol. The van der Waals surface area contributed by atoms with Gasteiger partial charge in [-0.25, -0.2) is 4.98 Å². The number of para-hydroxylation sites is 1. The van der Waals surface area contributed by atoms with E-state index in [0.29, 0.717) is 11.3 Å². The van der Waals surface area contributed by atoms with E-state index in [1.165, 1.54) is 6.07 Å². The fourth-order valence-electron chi connectivity index (χ4n) is 3.18. The van der Waals surface area contributed by atoms with Crippen LogP contribution in [0.3, 0.4) is 0 Å². The van der Waals surface area contributed by atoms with E-state index in [2.05, 4.69) is 20.6 Å². The molecule has 7 heteroatoms. The molecule has 1 unspecified atom stereocenters. The van der Waals surface area contributed by atoms with E-state index in [1.807, 2.05) is 61.5 Å². The standard InChI is InChI=1S/C23H19F3N4/c1-15(16-8-3-2-4-9-16)27-21-19-12-5-6-13-20(19)29-22(30-21)28-18-11-7-10-17(14-18)23(24,25)26/h2-15H,1H3,(H2,27,28,29,30). The number of rotatable bonds is 5. The smallest absolute Gasteiger partial charge is 0.363 e. The van der Waals surface area contributed by atoms with Gasteiger partial charge in [0.25, 0.3) is 0 Å². The van der Waals surface area contributed by atoms with Gasteiger partial charge in [0.2, 0.25) is 5.95 Å². The van der Waals surface area contributed by atoms with Gasteiger partial charge in [-0.1, -0.05) is 48.5 Å². The number of nitrogens with zero attached hydrogens (tertiary/aromatic N) is 2. The summed E-state index contributed by atoms with van der Waals surface area (Å²) in [5.74, 6) is 0.821. The van der Waals surface area contributed by atoms with E-state index in [1.54, 1.807) is 6.07 Å². The average Bonchev–Trinajstić information content (AvgIpc) is 2.74. The highest BCUT2D eigenvalue weighted by Crippen LogP contribution is 2.32. The first-order chi connectivity index (χ1) is 14.4. The topological polar surface area (TPSA) is 49.8 Å². The normalized spacial score (nSPS) is 12.5. The van der Waals surface area contributed by atoms with Crippen molar-refractivity contribution < 1.29 is 13.2 Å². The third kappa shape index (κ3) is 4.35. The summed E-state index contributed by atoms with van der Waals surface area (Å²) in [5, 5.41) is 7.12. The van der Waals surface area contributed by atoms with Crippen molar-refractivity contribution in [2.24, 2.45) is 0 Å². The molecule has 0 aliphatic carbocycles. The first-order valence-corrected chi connectivity index (χ1v) is 9.43. The average molecular weight is 408 g/mol. The van der Waals surface area contributed by atoms with Crippen molar-refractivity contribution >= 4 is 28.4 Å². The van der Waals surface area contributed by atoms with Crippen LogP contribution in [0.25, 0.3) is 10.9 Å². The quantitative estimate of drug-likeness (QED) is 0.392. The van der Waals surface area contributed by atoms with Crippen LogP contribution < -0.4 is 10.6 Å². The molecule has 0 aliphatic heterocycles. The van der Waals surface area contributed by atoms with Crippen molar-refractivity contribution in [3.8, 4) is 0 Å². The van der Waals surface area contributed by atoms with Crippen LogP contribution in [-0.2, 0) is 6.18 Å². The molecule has 0 aliphatic rings. The molecule has 1 aromatic heterocycles. The van der Waals surface area contributed by atoms with Crippen molar-refractivity contribution in [3.05, 3.63) is 90.0 Å². The molecule has 0 saturated heterocycles. The summed E-state index contributed by atoms with van der Waals surface area (Å²) in [4.78, 5) is 9.00. The number of aromatic nitrogens is 2. The maximum Gasteiger partial charge on any atom is 0.416 e. The number of fused-ring (bicyclic) bond motifs is 1. The maximum absolute atomic E-state index is 13.0. The molecule has 1 heterocycles. The largest absolute Gasteiger partial charge is 0.416 e. The molecule has 4 nitrogen and oxygen atoms in total. The second-order valence-electron chi connectivity index (χ2n) is 6.89. The van der Waals surface area contributed by atoms with Crippen molar-refractivity contribution in [1.29, 1.82) is 0 Å². The van der Waals surface area contributed by atoms with Crippen molar-refractivity contribution in [3.63, 3.8) is 0 Å². The van der Waals surface area contributed by atoms with Gasteiger partial charge in [-0.15, -0.1) is 0 Å². The molecule has 152 valence electrons. The van der Waals surface area contributed by atoms with Gasteiger partial charge in [0, 0.05) is 17.1 Å². The summed E-state index contributed by atoms with van der Waals surface area (Å²) in [6.45, 7) is 2.02. The van der Waals surface area contributed by atoms with E-state index < -0.39 is 11.7 Å². The lowest BCUT2D eigenvalue weighted by Gasteiger charge is -2.17. The van der Waals surface area contributed by atoms with E-state index >= 15 is 0 Å². The molecule has 0 radical (unpaired) electrons. The monoisotopic (exact) mass is 408 g/mol. The van der Waals surface area contributed by atoms with Gasteiger partial charge < -0.3 is 10.6 Å². The lowest BCUT2D eigenvalue weighted by atomic mass is 10.1. The van der Waals surface area contributed by atoms with Crippen LogP contribution in [0, 0.1) is 0 Å². The van der Waals surface area contributed by atoms with Gasteiger partial charge in [0.1, 0.15) is 5.82 Å². The fraction of sp³-hybridized carbons (Fsp3) is 0.130. The minimum Gasteiger partial charge on any atom is -0.363 e. The van der Waals surface area contributed by atoms with Crippen LogP contribution in [-0.4, -0.2) is 9.97 Å². The maximum atomic E-state index is 13.0. The summed E-state index contributed by atoms with van der Waals surface area (Å²) in [6, 6.07) is 22.4. The van der Waals surface area contributed by atoms with Crippen LogP contribution >= 0.6 is 0 Å². The Morgan fingerprint density at radius 1 is 0.833 bits per heavy atom. The Bertz CT molecular complexity index is 1160. The number of hydrogen-bond acceptors (Lipinski definition) is 4. The third-order valence-electron chi connectivity index (χ3n) is 4.70. The Balaban J connectivity index is 1.68. The highest BCUT2D eigenvalue weighted by Gasteiger charge is 2.30. The van der Waals surface area contributed by atoms with E-state index in [4.69, 9.17) is 0 Å². The van der Waals surface area contributed by atoms with Gasteiger partial charge in [-0.05, 0) is 42.8 Å². The summed E-state index contributed by atoms with van der Waals surface area (Å²) < 4.78 is 39.0. The molecule has 4 aromatic rings. The van der Waals surface area contributed by atoms with Crippen LogP contribution in [0.2, 0.25) is 0 Å². The fourth-order valence-corrected chi connectivity index (χ4v) is 3.18. The molecule has 30 heavy (non-hydrogen) atoms. The number of hydrogen-bond donors (Lipinski definition) is 2. The van der Waals surface area contributed by atoms with Gasteiger partial charge in [0.15, 0.2) is 0 Å². The van der Waals surface area contributed by atoms with Crippen LogP contribution in [0.5, 0.6) is 0 Å². The Kier molecular flexibility index (Phi) is 5.27. The zero-order valence-corrected chi connectivity index (χ0v) is 16.1. The molecule has 1 atom stereocenters. The zero-order chi connectivity index (χ0) is 21.1. The molecule has 0 spiro atoms. The number of benzene rings is 3. The van der Waals surface area contributed by atoms with Crippen LogP contribution in [0.4, 0.5) is 30.6 Å². The minimum atomic E-state index is -4.42. The molecular formula is C23H19F3N4. The van der Waals surface area contributed by atoms with Gasteiger partial charge in [-0.3, -0.25) is 0 Å². The number of halogens is 3. The molecule has 0 bridgehead atoms. The lowest BCUT2D eigenvalue weighted by molar-refractivity contribution is -0.137. The summed E-state index contributed by atoms with van der Waals surface area (Å²) in [5.41, 5.74) is 1.31. The second kappa shape index (κ2) is 8.02. The first kappa shape index (κ1) is 19.7. The van der Waals surface area contributed by atoms with Crippen molar-refractivity contribution in [1.82, 2.24) is 9.97 Å². The first-order valence-electron chi connectivity index (χ1n) is 9.43. The van der Waals surface area contributed by atoms with E-state index in [9.17, 15) is 13.2 Å². The van der Waals surface area contributed by atoms with Gasteiger partial charge in [-0.2, -0.15) is 18.2 Å². The van der Waals surface area contributed by atoms with Crippen LogP contribution in [0.15, 0.2) is 78.9 Å². The highest BCUT2D eigenvalue weighted by atomic mass is 19.4. The minimum absolute atomic E-state index is 0.0223. The molecule has 0 fully saturated rings. The molecule has 2 N–H and O–H groups in total. The Hall–Kier alpha value is -3.61. The van der Waals surface area contributed by atoms with Crippen molar-refractivity contribution in [2.45, 2.75) is 19.1 Å². The number of anilines is 3. The van der Waals surface area contributed by atoms with Gasteiger partial charge >= 0.3 is 6.18 Å².